The van der Waals surface area contributed by atoms with E-state index in [2.05, 4.69) is 0 Å². The van der Waals surface area contributed by atoms with E-state index in [-0.39, 0.29) is 40.2 Å². The van der Waals surface area contributed by atoms with Gasteiger partial charge in [-0.05, 0) is 62.7 Å². The molecule has 1 aliphatic heterocycles. The average Bonchev–Trinajstić information content (AvgIpc) is 2.72. The van der Waals surface area contributed by atoms with E-state index in [0.29, 0.717) is 0 Å². The zero-order valence-corrected chi connectivity index (χ0v) is 18.6. The van der Waals surface area contributed by atoms with Crippen LogP contribution in [0.4, 0.5) is 4.39 Å². The van der Waals surface area contributed by atoms with Gasteiger partial charge in [-0.2, -0.15) is 8.42 Å². The summed E-state index contributed by atoms with van der Waals surface area (Å²) in [5, 5.41) is 0. The molecule has 1 aliphatic rings. The summed E-state index contributed by atoms with van der Waals surface area (Å²) < 4.78 is 49.7. The molecular formula is C24H22FNO5S. The minimum atomic E-state index is -4.04. The lowest BCUT2D eigenvalue weighted by molar-refractivity contribution is -0.0536. The zero-order chi connectivity index (χ0) is 23.1. The number of benzene rings is 3. The van der Waals surface area contributed by atoms with E-state index in [4.69, 9.17) is 8.92 Å². The minimum absolute atomic E-state index is 0.0311. The molecule has 0 saturated carbocycles. The number of rotatable bonds is 5. The Labute approximate surface area is 186 Å². The Morgan fingerprint density at radius 2 is 1.66 bits per heavy atom. The van der Waals surface area contributed by atoms with Gasteiger partial charge < -0.3 is 8.92 Å². The highest BCUT2D eigenvalue weighted by Crippen LogP contribution is 2.37. The molecule has 1 heterocycles. The van der Waals surface area contributed by atoms with E-state index >= 15 is 0 Å². The fourth-order valence-corrected chi connectivity index (χ4v) is 4.37. The molecule has 8 heteroatoms. The maximum atomic E-state index is 13.2. The summed E-state index contributed by atoms with van der Waals surface area (Å²) in [6, 6.07) is 16.5. The lowest BCUT2D eigenvalue weighted by Crippen LogP contribution is -2.54. The molecule has 1 amide bonds. The van der Waals surface area contributed by atoms with E-state index in [1.807, 2.05) is 6.92 Å². The zero-order valence-electron chi connectivity index (χ0n) is 17.8. The Kier molecular flexibility index (Phi) is 5.42. The summed E-state index contributed by atoms with van der Waals surface area (Å²) in [6.45, 7) is 5.55. The summed E-state index contributed by atoms with van der Waals surface area (Å²) in [6.07, 6.45) is 0. The van der Waals surface area contributed by atoms with E-state index in [9.17, 15) is 17.6 Å². The molecule has 0 spiro atoms. The Morgan fingerprint density at radius 1 is 1.00 bits per heavy atom. The Balaban J connectivity index is 1.60. The number of aryl methyl sites for hydroxylation is 1. The summed E-state index contributed by atoms with van der Waals surface area (Å²) in [5.41, 5.74) is 0.944. The van der Waals surface area contributed by atoms with Crippen LogP contribution in [0.3, 0.4) is 0 Å². The van der Waals surface area contributed by atoms with Crippen LogP contribution in [0.2, 0.25) is 0 Å². The van der Waals surface area contributed by atoms with Crippen molar-refractivity contribution in [3.05, 3.63) is 89.2 Å². The number of carbonyl (C=O) groups is 1. The number of amides is 1. The van der Waals surface area contributed by atoms with Crippen LogP contribution in [0, 0.1) is 12.7 Å². The summed E-state index contributed by atoms with van der Waals surface area (Å²) >= 11 is 0. The quantitative estimate of drug-likeness (QED) is 0.523. The van der Waals surface area contributed by atoms with Gasteiger partial charge in [-0.25, -0.2) is 4.39 Å². The molecule has 0 unspecified atom stereocenters. The van der Waals surface area contributed by atoms with Crippen molar-refractivity contribution < 1.29 is 26.5 Å². The molecule has 4 rings (SSSR count). The smallest absolute Gasteiger partial charge is 0.339 e. The average molecular weight is 456 g/mol. The predicted molar refractivity (Wildman–Crippen MR) is 116 cm³/mol. The van der Waals surface area contributed by atoms with Crippen LogP contribution >= 0.6 is 0 Å². The van der Waals surface area contributed by atoms with Gasteiger partial charge in [0.25, 0.3) is 5.91 Å². The van der Waals surface area contributed by atoms with Gasteiger partial charge in [0.05, 0.1) is 5.56 Å². The topological polar surface area (TPSA) is 72.9 Å². The molecule has 0 aliphatic carbocycles. The Morgan fingerprint density at radius 3 is 2.31 bits per heavy atom. The summed E-state index contributed by atoms with van der Waals surface area (Å²) in [4.78, 5) is 14.7. The van der Waals surface area contributed by atoms with Crippen molar-refractivity contribution in [2.75, 3.05) is 0 Å². The molecule has 0 aromatic heterocycles. The van der Waals surface area contributed by atoms with Gasteiger partial charge in [0.15, 0.2) is 5.72 Å². The number of ether oxygens (including phenoxy) is 1. The van der Waals surface area contributed by atoms with Crippen molar-refractivity contribution in [1.29, 1.82) is 0 Å². The molecule has 3 aromatic rings. The first-order valence-corrected chi connectivity index (χ1v) is 11.4. The third kappa shape index (κ3) is 4.31. The molecule has 0 N–H and O–H groups in total. The lowest BCUT2D eigenvalue weighted by atomic mass is 10.0. The third-order valence-corrected chi connectivity index (χ3v) is 6.47. The van der Waals surface area contributed by atoms with Crippen molar-refractivity contribution in [3.63, 3.8) is 0 Å². The summed E-state index contributed by atoms with van der Waals surface area (Å²) in [7, 11) is -4.04. The number of fused-ring (bicyclic) bond motifs is 1. The summed E-state index contributed by atoms with van der Waals surface area (Å²) in [5.74, 6) is -0.368. The minimum Gasteiger partial charge on any atom is -0.467 e. The van der Waals surface area contributed by atoms with E-state index in [1.165, 1.54) is 47.4 Å². The molecule has 0 radical (unpaired) electrons. The molecule has 6 nitrogen and oxygen atoms in total. The van der Waals surface area contributed by atoms with Gasteiger partial charge in [-0.15, -0.1) is 0 Å². The van der Waals surface area contributed by atoms with Gasteiger partial charge in [0.1, 0.15) is 22.2 Å². The maximum absolute atomic E-state index is 13.2. The number of nitrogens with zero attached hydrogens (tertiary/aromatic N) is 1. The van der Waals surface area contributed by atoms with Crippen LogP contribution in [0.5, 0.6) is 11.5 Å². The molecule has 0 saturated heterocycles. The standard InChI is InChI=1S/C24H22FNO5S/c1-16-4-11-20(12-5-16)32(28,29)31-19-10-13-21-22(14-19)30-24(2,3)26(23(21)27)15-17-6-8-18(25)9-7-17/h4-14H,15H2,1-3H3. The molecule has 32 heavy (non-hydrogen) atoms. The first-order valence-electron chi connectivity index (χ1n) is 9.96. The number of hydrogen-bond donors (Lipinski definition) is 0. The molecule has 166 valence electrons. The van der Waals surface area contributed by atoms with Gasteiger partial charge in [-0.3, -0.25) is 9.69 Å². The number of carbonyl (C=O) groups excluding carboxylic acids is 1. The van der Waals surface area contributed by atoms with Crippen LogP contribution in [-0.2, 0) is 16.7 Å². The fourth-order valence-electron chi connectivity index (χ4n) is 3.44. The van der Waals surface area contributed by atoms with Gasteiger partial charge in [-0.1, -0.05) is 29.8 Å². The van der Waals surface area contributed by atoms with Crippen molar-refractivity contribution >= 4 is 16.0 Å². The van der Waals surface area contributed by atoms with Crippen LogP contribution in [0.25, 0.3) is 0 Å². The second kappa shape index (κ2) is 7.94. The first kappa shape index (κ1) is 21.8. The number of halogens is 1. The Bertz CT molecular complexity index is 1270. The van der Waals surface area contributed by atoms with Crippen LogP contribution in [0.1, 0.15) is 35.3 Å². The van der Waals surface area contributed by atoms with Crippen LogP contribution < -0.4 is 8.92 Å². The van der Waals surface area contributed by atoms with Crippen molar-refractivity contribution in [1.82, 2.24) is 4.90 Å². The molecule has 3 aromatic carbocycles. The second-order valence-electron chi connectivity index (χ2n) is 8.08. The highest BCUT2D eigenvalue weighted by atomic mass is 32.2. The van der Waals surface area contributed by atoms with Crippen molar-refractivity contribution in [3.8, 4) is 11.5 Å². The molecule has 0 bridgehead atoms. The van der Waals surface area contributed by atoms with E-state index < -0.39 is 15.8 Å². The molecular weight excluding hydrogens is 433 g/mol. The van der Waals surface area contributed by atoms with Gasteiger partial charge in [0, 0.05) is 12.6 Å². The van der Waals surface area contributed by atoms with E-state index in [0.717, 1.165) is 11.1 Å². The largest absolute Gasteiger partial charge is 0.467 e. The lowest BCUT2D eigenvalue weighted by Gasteiger charge is -2.42. The fraction of sp³-hybridized carbons (Fsp3) is 0.208. The van der Waals surface area contributed by atoms with Gasteiger partial charge >= 0.3 is 10.1 Å². The molecule has 0 fully saturated rings. The molecule has 0 atom stereocenters. The van der Waals surface area contributed by atoms with Crippen LogP contribution in [0.15, 0.2) is 71.6 Å². The normalized spacial score (nSPS) is 15.1. The Hall–Kier alpha value is -3.39. The van der Waals surface area contributed by atoms with Crippen LogP contribution in [-0.4, -0.2) is 24.9 Å². The second-order valence-corrected chi connectivity index (χ2v) is 9.62. The monoisotopic (exact) mass is 455 g/mol. The predicted octanol–water partition coefficient (Wildman–Crippen LogP) is 4.67. The number of hydrogen-bond acceptors (Lipinski definition) is 5. The van der Waals surface area contributed by atoms with E-state index in [1.54, 1.807) is 38.1 Å². The SMILES string of the molecule is Cc1ccc(S(=O)(=O)Oc2ccc3c(c2)OC(C)(C)N(Cc2ccc(F)cc2)C3=O)cc1. The van der Waals surface area contributed by atoms with Crippen molar-refractivity contribution in [2.45, 2.75) is 37.9 Å². The van der Waals surface area contributed by atoms with Crippen molar-refractivity contribution in [2.24, 2.45) is 0 Å². The maximum Gasteiger partial charge on any atom is 0.339 e. The first-order chi connectivity index (χ1) is 15.0. The highest BCUT2D eigenvalue weighted by Gasteiger charge is 2.40. The highest BCUT2D eigenvalue weighted by molar-refractivity contribution is 7.87. The van der Waals surface area contributed by atoms with Gasteiger partial charge in [0.2, 0.25) is 0 Å². The third-order valence-electron chi connectivity index (χ3n) is 5.21.